The number of aliphatic carboxylic acids is 1. The van der Waals surface area contributed by atoms with Crippen LogP contribution in [0.1, 0.15) is 6.42 Å². The highest BCUT2D eigenvalue weighted by atomic mass is 79.9. The highest BCUT2D eigenvalue weighted by molar-refractivity contribution is 9.13. The van der Waals surface area contributed by atoms with Crippen LogP contribution < -0.4 is 11.1 Å². The van der Waals surface area contributed by atoms with Gasteiger partial charge in [0.2, 0.25) is 0 Å². The van der Waals surface area contributed by atoms with Crippen molar-refractivity contribution in [1.29, 1.82) is 0 Å². The van der Waals surface area contributed by atoms with E-state index >= 15 is 0 Å². The van der Waals surface area contributed by atoms with Gasteiger partial charge in [0.25, 0.3) is 11.1 Å². The molecule has 1 heterocycles. The summed E-state index contributed by atoms with van der Waals surface area (Å²) in [6, 6.07) is 0. The Morgan fingerprint density at radius 3 is 2.17 bits per heavy atom. The number of carbonyl (C=O) groups is 1. The van der Waals surface area contributed by atoms with Crippen LogP contribution >= 0.6 is 31.9 Å². The highest BCUT2D eigenvalue weighted by Crippen LogP contribution is 2.13. The van der Waals surface area contributed by atoms with E-state index < -0.39 is 17.1 Å². The van der Waals surface area contributed by atoms with Crippen molar-refractivity contribution in [2.45, 2.75) is 19.5 Å². The Bertz CT molecular complexity index is 639. The second kappa shape index (κ2) is 6.02. The number of carboxylic acids is 1. The first kappa shape index (κ1) is 14.7. The first-order chi connectivity index (χ1) is 8.40. The second-order valence-corrected chi connectivity index (χ2v) is 4.85. The molecular weight excluding hydrogens is 372 g/mol. The maximum Gasteiger partial charge on any atom is 0.305 e. The van der Waals surface area contributed by atoms with Gasteiger partial charge in [0.15, 0.2) is 0 Å². The monoisotopic (exact) mass is 378 g/mol. The van der Waals surface area contributed by atoms with Crippen molar-refractivity contribution in [3.8, 4) is 12.3 Å². The minimum absolute atomic E-state index is 0.0474. The summed E-state index contributed by atoms with van der Waals surface area (Å²) in [5.74, 6) is 1.18. The first-order valence-corrected chi connectivity index (χ1v) is 6.33. The summed E-state index contributed by atoms with van der Waals surface area (Å²) in [4.78, 5) is 34.3. The predicted octanol–water partition coefficient (Wildman–Crippen LogP) is 0.643. The molecule has 0 aliphatic heterocycles. The average Bonchev–Trinajstić information content (AvgIpc) is 2.32. The summed E-state index contributed by atoms with van der Waals surface area (Å²) in [5, 5.41) is 8.62. The van der Waals surface area contributed by atoms with E-state index in [2.05, 4.69) is 37.8 Å². The highest BCUT2D eigenvalue weighted by Gasteiger charge is 2.15. The number of hydrogen-bond acceptors (Lipinski definition) is 3. The molecule has 1 N–H and O–H groups in total. The molecule has 0 aromatic carbocycles. The van der Waals surface area contributed by atoms with Crippen LogP contribution in [0.25, 0.3) is 0 Å². The van der Waals surface area contributed by atoms with Gasteiger partial charge in [-0.2, -0.15) is 0 Å². The van der Waals surface area contributed by atoms with Crippen molar-refractivity contribution in [1.82, 2.24) is 9.36 Å². The molecule has 0 bridgehead atoms. The van der Waals surface area contributed by atoms with E-state index in [1.807, 2.05) is 0 Å². The Kier molecular flexibility index (Phi) is 4.93. The average molecular weight is 380 g/mol. The fraction of sp³-hybridized carbons (Fsp3) is 0.300. The Balaban J connectivity index is 3.47. The van der Waals surface area contributed by atoms with Crippen molar-refractivity contribution < 1.29 is 9.90 Å². The summed E-state index contributed by atoms with van der Waals surface area (Å²) < 4.78 is 2.16. The van der Waals surface area contributed by atoms with E-state index in [1.165, 1.54) is 0 Å². The molecule has 0 aliphatic rings. The maximum absolute atomic E-state index is 11.9. The van der Waals surface area contributed by atoms with Gasteiger partial charge in [-0.25, -0.2) is 9.36 Å². The van der Waals surface area contributed by atoms with Gasteiger partial charge in [0.05, 0.1) is 13.0 Å². The number of rotatable bonds is 4. The topological polar surface area (TPSA) is 81.3 Å². The van der Waals surface area contributed by atoms with Gasteiger partial charge in [-0.3, -0.25) is 14.4 Å². The normalized spacial score (nSPS) is 10.1. The quantitative estimate of drug-likeness (QED) is 0.778. The molecule has 0 atom stereocenters. The standard InChI is InChI=1S/C10H8Br2N2O4/c1-2-4-13-9(17)7(11)8(12)10(18)14(13)5-3-6(15)16/h1H,3-5H2,(H,15,16). The van der Waals surface area contributed by atoms with E-state index in [9.17, 15) is 14.4 Å². The van der Waals surface area contributed by atoms with E-state index in [0.717, 1.165) is 9.36 Å². The first-order valence-electron chi connectivity index (χ1n) is 4.74. The molecule has 1 aromatic heterocycles. The van der Waals surface area contributed by atoms with Gasteiger partial charge in [0, 0.05) is 0 Å². The van der Waals surface area contributed by atoms with Crippen LogP contribution in [0.5, 0.6) is 0 Å². The van der Waals surface area contributed by atoms with Crippen LogP contribution in [0, 0.1) is 12.3 Å². The van der Waals surface area contributed by atoms with Crippen LogP contribution in [0.2, 0.25) is 0 Å². The van der Waals surface area contributed by atoms with Crippen LogP contribution in [-0.4, -0.2) is 20.4 Å². The van der Waals surface area contributed by atoms with Crippen molar-refractivity contribution >= 4 is 37.8 Å². The smallest absolute Gasteiger partial charge is 0.305 e. The number of hydrogen-bond donors (Lipinski definition) is 1. The number of nitrogens with zero attached hydrogens (tertiary/aromatic N) is 2. The summed E-state index contributed by atoms with van der Waals surface area (Å²) >= 11 is 5.97. The molecule has 18 heavy (non-hydrogen) atoms. The zero-order chi connectivity index (χ0) is 13.9. The molecule has 0 saturated heterocycles. The molecule has 0 aliphatic carbocycles. The van der Waals surface area contributed by atoms with E-state index in [-0.39, 0.29) is 28.5 Å². The Morgan fingerprint density at radius 1 is 1.22 bits per heavy atom. The zero-order valence-corrected chi connectivity index (χ0v) is 12.2. The fourth-order valence-corrected chi connectivity index (χ4v) is 2.05. The minimum atomic E-state index is -1.07. The molecule has 0 fully saturated rings. The molecule has 1 rings (SSSR count). The number of halogens is 2. The van der Waals surface area contributed by atoms with E-state index in [0.29, 0.717) is 0 Å². The van der Waals surface area contributed by atoms with Gasteiger partial charge in [-0.15, -0.1) is 6.42 Å². The maximum atomic E-state index is 11.9. The third-order valence-corrected chi connectivity index (χ3v) is 4.11. The zero-order valence-electron chi connectivity index (χ0n) is 9.02. The van der Waals surface area contributed by atoms with Crippen LogP contribution in [-0.2, 0) is 17.9 Å². The number of aromatic nitrogens is 2. The molecule has 0 saturated carbocycles. The van der Waals surface area contributed by atoms with Crippen LogP contribution in [0.3, 0.4) is 0 Å². The Labute approximate surface area is 118 Å². The summed E-state index contributed by atoms with van der Waals surface area (Å²) in [6.07, 6.45) is 4.84. The number of carboxylic acid groups (broad SMARTS) is 1. The minimum Gasteiger partial charge on any atom is -0.481 e. The Morgan fingerprint density at radius 2 is 1.72 bits per heavy atom. The lowest BCUT2D eigenvalue weighted by molar-refractivity contribution is -0.137. The van der Waals surface area contributed by atoms with E-state index in [4.69, 9.17) is 11.5 Å². The van der Waals surface area contributed by atoms with Gasteiger partial charge < -0.3 is 5.11 Å². The van der Waals surface area contributed by atoms with Gasteiger partial charge >= 0.3 is 5.97 Å². The summed E-state index contributed by atoms with van der Waals surface area (Å²) in [7, 11) is 0. The molecule has 0 unspecified atom stereocenters. The molecule has 6 nitrogen and oxygen atoms in total. The second-order valence-electron chi connectivity index (χ2n) is 3.27. The molecule has 96 valence electrons. The van der Waals surface area contributed by atoms with Crippen LogP contribution in [0.4, 0.5) is 0 Å². The molecule has 0 radical (unpaired) electrons. The SMILES string of the molecule is C#CCn1c(=O)c(Br)c(Br)c(=O)n1CCC(=O)O. The molecule has 0 spiro atoms. The van der Waals surface area contributed by atoms with E-state index in [1.54, 1.807) is 0 Å². The van der Waals surface area contributed by atoms with Crippen molar-refractivity contribution in [3.63, 3.8) is 0 Å². The predicted molar refractivity (Wildman–Crippen MR) is 71.4 cm³/mol. The lowest BCUT2D eigenvalue weighted by Gasteiger charge is -2.13. The fourth-order valence-electron chi connectivity index (χ4n) is 1.30. The lowest BCUT2D eigenvalue weighted by Crippen LogP contribution is -2.40. The summed E-state index contributed by atoms with van der Waals surface area (Å²) in [6.45, 7) is -0.240. The van der Waals surface area contributed by atoms with Crippen LogP contribution in [0.15, 0.2) is 18.5 Å². The Hall–Kier alpha value is -1.33. The third-order valence-electron chi connectivity index (χ3n) is 2.11. The molecule has 8 heteroatoms. The molecule has 1 aromatic rings. The number of terminal acetylenes is 1. The molecule has 0 amide bonds. The van der Waals surface area contributed by atoms with Gasteiger partial charge in [-0.1, -0.05) is 5.92 Å². The van der Waals surface area contributed by atoms with Crippen molar-refractivity contribution in [2.75, 3.05) is 0 Å². The lowest BCUT2D eigenvalue weighted by atomic mass is 10.4. The molecular formula is C10H8Br2N2O4. The largest absolute Gasteiger partial charge is 0.481 e. The third kappa shape index (κ3) is 2.91. The summed E-state index contributed by atoms with van der Waals surface area (Å²) in [5.41, 5.74) is -1.01. The van der Waals surface area contributed by atoms with Gasteiger partial charge in [-0.05, 0) is 31.9 Å². The van der Waals surface area contributed by atoms with Crippen molar-refractivity contribution in [2.24, 2.45) is 0 Å². The van der Waals surface area contributed by atoms with Gasteiger partial charge in [0.1, 0.15) is 15.5 Å². The van der Waals surface area contributed by atoms with Crippen molar-refractivity contribution in [3.05, 3.63) is 29.7 Å².